The molecule has 1 fully saturated rings. The van der Waals surface area contributed by atoms with Gasteiger partial charge in [0.15, 0.2) is 0 Å². The van der Waals surface area contributed by atoms with Crippen molar-refractivity contribution in [2.24, 2.45) is 0 Å². The van der Waals surface area contributed by atoms with E-state index in [0.717, 1.165) is 42.4 Å². The fraction of sp³-hybridized carbons (Fsp3) is 0.500. The van der Waals surface area contributed by atoms with Crippen molar-refractivity contribution in [1.29, 1.82) is 0 Å². The summed E-state index contributed by atoms with van der Waals surface area (Å²) in [7, 11) is -3.71. The van der Waals surface area contributed by atoms with E-state index in [2.05, 4.69) is 5.32 Å². The van der Waals surface area contributed by atoms with E-state index in [1.807, 2.05) is 43.3 Å². The number of hydrogen-bond donors (Lipinski definition) is 1. The smallest absolute Gasteiger partial charge is 0.243 e. The van der Waals surface area contributed by atoms with Crippen LogP contribution in [0.25, 0.3) is 0 Å². The van der Waals surface area contributed by atoms with Crippen LogP contribution in [-0.4, -0.2) is 31.2 Å². The summed E-state index contributed by atoms with van der Waals surface area (Å²) < 4.78 is 28.7. The van der Waals surface area contributed by atoms with Crippen molar-refractivity contribution >= 4 is 15.9 Å². The average Bonchev–Trinajstić information content (AvgIpc) is 2.76. The number of aryl methyl sites for hydroxylation is 1. The van der Waals surface area contributed by atoms with E-state index in [-0.39, 0.29) is 23.3 Å². The third-order valence-electron chi connectivity index (χ3n) is 6.84. The number of benzene rings is 2. The molecule has 1 aliphatic carbocycles. The molecule has 4 rings (SSSR count). The molecule has 0 radical (unpaired) electrons. The fourth-order valence-electron chi connectivity index (χ4n) is 5.04. The van der Waals surface area contributed by atoms with Crippen LogP contribution in [-0.2, 0) is 21.2 Å². The molecule has 1 saturated carbocycles. The Bertz CT molecular complexity index is 1030. The molecule has 172 valence electrons. The Hall–Kier alpha value is -2.18. The van der Waals surface area contributed by atoms with Crippen LogP contribution in [0.4, 0.5) is 0 Å². The van der Waals surface area contributed by atoms with E-state index in [1.165, 1.54) is 23.6 Å². The number of nitrogens with one attached hydrogen (secondary N) is 1. The lowest BCUT2D eigenvalue weighted by molar-refractivity contribution is -0.122. The van der Waals surface area contributed by atoms with E-state index >= 15 is 0 Å². The highest BCUT2D eigenvalue weighted by Crippen LogP contribution is 2.36. The molecule has 0 saturated heterocycles. The summed E-state index contributed by atoms with van der Waals surface area (Å²) in [6.07, 6.45) is 8.86. The maximum Gasteiger partial charge on any atom is 0.243 e. The maximum absolute atomic E-state index is 13.6. The first-order valence-electron chi connectivity index (χ1n) is 11.9. The van der Waals surface area contributed by atoms with Crippen molar-refractivity contribution in [3.63, 3.8) is 0 Å². The predicted octanol–water partition coefficient (Wildman–Crippen LogP) is 4.90. The first-order valence-corrected chi connectivity index (χ1v) is 13.3. The SMILES string of the molecule is Cc1ccc(S(=O)(=O)N2CCc3ccccc3[C@@H]2CC(=O)NC2CCCCCCC2)cc1. The van der Waals surface area contributed by atoms with Crippen molar-refractivity contribution in [3.8, 4) is 0 Å². The van der Waals surface area contributed by atoms with Gasteiger partial charge in [-0.05, 0) is 49.4 Å². The van der Waals surface area contributed by atoms with Gasteiger partial charge in [0.25, 0.3) is 0 Å². The molecule has 2 aliphatic rings. The van der Waals surface area contributed by atoms with Gasteiger partial charge < -0.3 is 5.32 Å². The lowest BCUT2D eigenvalue weighted by Crippen LogP contribution is -2.43. The molecule has 0 spiro atoms. The highest BCUT2D eigenvalue weighted by Gasteiger charge is 2.37. The Morgan fingerprint density at radius 1 is 0.969 bits per heavy atom. The largest absolute Gasteiger partial charge is 0.353 e. The van der Waals surface area contributed by atoms with Gasteiger partial charge in [0.05, 0.1) is 10.9 Å². The number of amides is 1. The second-order valence-corrected chi connectivity index (χ2v) is 11.1. The lowest BCUT2D eigenvalue weighted by Gasteiger charge is -2.36. The van der Waals surface area contributed by atoms with Gasteiger partial charge in [-0.15, -0.1) is 0 Å². The summed E-state index contributed by atoms with van der Waals surface area (Å²) in [5, 5.41) is 3.22. The maximum atomic E-state index is 13.6. The van der Waals surface area contributed by atoms with E-state index in [9.17, 15) is 13.2 Å². The first-order chi connectivity index (χ1) is 15.4. The molecule has 6 heteroatoms. The zero-order chi connectivity index (χ0) is 22.6. The Morgan fingerprint density at radius 2 is 1.62 bits per heavy atom. The molecule has 0 unspecified atom stereocenters. The molecule has 1 atom stereocenters. The minimum Gasteiger partial charge on any atom is -0.353 e. The summed E-state index contributed by atoms with van der Waals surface area (Å²) in [6.45, 7) is 2.32. The van der Waals surface area contributed by atoms with Gasteiger partial charge in [-0.1, -0.05) is 74.1 Å². The number of fused-ring (bicyclic) bond motifs is 1. The van der Waals surface area contributed by atoms with E-state index in [4.69, 9.17) is 0 Å². The monoisotopic (exact) mass is 454 g/mol. The van der Waals surface area contributed by atoms with Gasteiger partial charge in [0, 0.05) is 19.0 Å². The van der Waals surface area contributed by atoms with Gasteiger partial charge in [-0.25, -0.2) is 8.42 Å². The summed E-state index contributed by atoms with van der Waals surface area (Å²) >= 11 is 0. The number of sulfonamides is 1. The lowest BCUT2D eigenvalue weighted by atomic mass is 9.92. The van der Waals surface area contributed by atoms with Crippen LogP contribution in [0.15, 0.2) is 53.4 Å². The number of nitrogens with zero attached hydrogens (tertiary/aromatic N) is 1. The number of hydrogen-bond acceptors (Lipinski definition) is 3. The van der Waals surface area contributed by atoms with Gasteiger partial charge in [-0.3, -0.25) is 4.79 Å². The molecular formula is C26H34N2O3S. The van der Waals surface area contributed by atoms with Crippen molar-refractivity contribution in [3.05, 3.63) is 65.2 Å². The Balaban J connectivity index is 1.58. The van der Waals surface area contributed by atoms with E-state index in [0.29, 0.717) is 13.0 Å². The summed E-state index contributed by atoms with van der Waals surface area (Å²) in [4.78, 5) is 13.4. The molecule has 2 aromatic rings. The number of carbonyl (C=O) groups is 1. The summed E-state index contributed by atoms with van der Waals surface area (Å²) in [5.41, 5.74) is 3.09. The van der Waals surface area contributed by atoms with Crippen LogP contribution >= 0.6 is 0 Å². The van der Waals surface area contributed by atoms with Crippen molar-refractivity contribution < 1.29 is 13.2 Å². The molecule has 1 amide bonds. The van der Waals surface area contributed by atoms with E-state index in [1.54, 1.807) is 12.1 Å². The second-order valence-electron chi connectivity index (χ2n) is 9.21. The molecule has 1 aliphatic heterocycles. The van der Waals surface area contributed by atoms with E-state index < -0.39 is 16.1 Å². The Kier molecular flexibility index (Phi) is 7.31. The average molecular weight is 455 g/mol. The standard InChI is InChI=1S/C26H34N2O3S/c1-20-13-15-23(16-14-20)32(30,31)28-18-17-21-9-7-8-12-24(21)25(28)19-26(29)27-22-10-5-3-2-4-6-11-22/h7-9,12-16,22,25H,2-6,10-11,17-19H2,1H3,(H,27,29)/t25-/m0/s1. The van der Waals surface area contributed by atoms with Crippen molar-refractivity contribution in [2.75, 3.05) is 6.54 Å². The third-order valence-corrected chi connectivity index (χ3v) is 8.76. The van der Waals surface area contributed by atoms with Crippen LogP contribution in [0.1, 0.15) is 74.1 Å². The number of rotatable bonds is 5. The third kappa shape index (κ3) is 5.24. The minimum absolute atomic E-state index is 0.0543. The number of carbonyl (C=O) groups excluding carboxylic acids is 1. The van der Waals surface area contributed by atoms with Gasteiger partial charge in [0.1, 0.15) is 0 Å². The first kappa shape index (κ1) is 23.0. The van der Waals surface area contributed by atoms with Crippen molar-refractivity contribution in [2.45, 2.75) is 81.7 Å². The zero-order valence-electron chi connectivity index (χ0n) is 18.9. The molecule has 5 nitrogen and oxygen atoms in total. The predicted molar refractivity (Wildman–Crippen MR) is 127 cm³/mol. The molecule has 2 aromatic carbocycles. The second kappa shape index (κ2) is 10.2. The van der Waals surface area contributed by atoms with Gasteiger partial charge in [-0.2, -0.15) is 4.31 Å². The van der Waals surface area contributed by atoms with Crippen LogP contribution in [0.5, 0.6) is 0 Å². The van der Waals surface area contributed by atoms with Crippen LogP contribution < -0.4 is 5.32 Å². The summed E-state index contributed by atoms with van der Waals surface area (Å²) in [6, 6.07) is 14.6. The molecule has 1 heterocycles. The molecule has 1 N–H and O–H groups in total. The normalized spacial score (nSPS) is 20.7. The van der Waals surface area contributed by atoms with Gasteiger partial charge >= 0.3 is 0 Å². The Morgan fingerprint density at radius 3 is 2.34 bits per heavy atom. The highest BCUT2D eigenvalue weighted by atomic mass is 32.2. The van der Waals surface area contributed by atoms with Crippen LogP contribution in [0, 0.1) is 6.92 Å². The fourth-order valence-corrected chi connectivity index (χ4v) is 6.64. The quantitative estimate of drug-likeness (QED) is 0.699. The van der Waals surface area contributed by atoms with Crippen LogP contribution in [0.2, 0.25) is 0 Å². The van der Waals surface area contributed by atoms with Crippen LogP contribution in [0.3, 0.4) is 0 Å². The molecule has 32 heavy (non-hydrogen) atoms. The molecular weight excluding hydrogens is 420 g/mol. The Labute approximate surface area is 192 Å². The highest BCUT2D eigenvalue weighted by molar-refractivity contribution is 7.89. The van der Waals surface area contributed by atoms with Gasteiger partial charge in [0.2, 0.25) is 15.9 Å². The zero-order valence-corrected chi connectivity index (χ0v) is 19.7. The molecule has 0 bridgehead atoms. The minimum atomic E-state index is -3.71. The summed E-state index contributed by atoms with van der Waals surface area (Å²) in [5.74, 6) is -0.0543. The molecule has 0 aromatic heterocycles. The topological polar surface area (TPSA) is 66.5 Å². The van der Waals surface area contributed by atoms with Crippen molar-refractivity contribution in [1.82, 2.24) is 9.62 Å².